The molecule has 0 bridgehead atoms. The predicted octanol–water partition coefficient (Wildman–Crippen LogP) is 5.54. The Morgan fingerprint density at radius 1 is 0.467 bits per heavy atom. The van der Waals surface area contributed by atoms with Crippen LogP contribution in [0.25, 0.3) is 32.7 Å². The number of carbonyl (C=O) groups is 3. The maximum Gasteiger partial charge on any atom is 0.216 e. The molecule has 0 unspecified atom stereocenters. The Morgan fingerprint density at radius 3 is 1.00 bits per heavy atom. The van der Waals surface area contributed by atoms with Gasteiger partial charge in [-0.25, -0.2) is 0 Å². The quantitative estimate of drug-likeness (QED) is 0.129. The summed E-state index contributed by atoms with van der Waals surface area (Å²) in [6.07, 6.45) is 8.61. The molecule has 0 saturated heterocycles. The van der Waals surface area contributed by atoms with E-state index in [2.05, 4.69) is 67.3 Å². The average molecular weight is 607 g/mol. The van der Waals surface area contributed by atoms with Crippen LogP contribution in [0.4, 0.5) is 0 Å². The Hall–Kier alpha value is -5.31. The lowest BCUT2D eigenvalue weighted by molar-refractivity contribution is -0.119. The van der Waals surface area contributed by atoms with Crippen LogP contribution in [0, 0.1) is 0 Å². The molecule has 0 radical (unpaired) electrons. The van der Waals surface area contributed by atoms with Crippen LogP contribution < -0.4 is 16.0 Å². The van der Waals surface area contributed by atoms with Crippen molar-refractivity contribution < 1.29 is 14.4 Å². The van der Waals surface area contributed by atoms with Crippen LogP contribution in [-0.4, -0.2) is 52.3 Å². The molecule has 3 heterocycles. The Balaban J connectivity index is 0.000000154. The largest absolute Gasteiger partial charge is 0.361 e. The molecule has 0 atom stereocenters. The van der Waals surface area contributed by atoms with Crippen molar-refractivity contribution in [3.63, 3.8) is 0 Å². The van der Waals surface area contributed by atoms with Gasteiger partial charge in [-0.3, -0.25) is 14.4 Å². The molecule has 3 aromatic carbocycles. The normalized spacial score (nSPS) is 10.5. The third kappa shape index (κ3) is 9.86. The van der Waals surface area contributed by atoms with E-state index in [9.17, 15) is 14.4 Å². The number of fused-ring (bicyclic) bond motifs is 3. The van der Waals surface area contributed by atoms with E-state index in [1.165, 1.54) is 53.6 Å². The van der Waals surface area contributed by atoms with Crippen LogP contribution in [0.1, 0.15) is 37.5 Å². The van der Waals surface area contributed by atoms with Gasteiger partial charge in [0.05, 0.1) is 0 Å². The SMILES string of the molecule is CC(=O)NCCc1c[nH]c2ccccc12.CC(=O)NCCc1c[nH]c2ccccc12.CC(=O)NCCc1c[nH]c2ccccc12. The minimum atomic E-state index is 0.0230. The average Bonchev–Trinajstić information content (AvgIpc) is 3.75. The first-order chi connectivity index (χ1) is 21.8. The van der Waals surface area contributed by atoms with E-state index in [1.54, 1.807) is 0 Å². The van der Waals surface area contributed by atoms with Gasteiger partial charge in [0.2, 0.25) is 17.7 Å². The van der Waals surface area contributed by atoms with Crippen molar-refractivity contribution in [1.82, 2.24) is 30.9 Å². The Kier molecular flexibility index (Phi) is 12.0. The lowest BCUT2D eigenvalue weighted by atomic mass is 10.1. The zero-order valence-electron chi connectivity index (χ0n) is 26.1. The summed E-state index contributed by atoms with van der Waals surface area (Å²) in [4.78, 5) is 41.8. The highest BCUT2D eigenvalue weighted by Gasteiger charge is 2.04. The summed E-state index contributed by atoms with van der Waals surface area (Å²) in [7, 11) is 0. The molecule has 3 aromatic heterocycles. The number of rotatable bonds is 9. The lowest BCUT2D eigenvalue weighted by Crippen LogP contribution is -2.22. The standard InChI is InChI=1S/3C12H14N2O/c3*1-9(15)13-7-6-10-8-14-12-5-3-2-4-11(10)12/h3*2-5,8,14H,6-7H2,1H3,(H,13,15). The van der Waals surface area contributed by atoms with Gasteiger partial charge >= 0.3 is 0 Å². The van der Waals surface area contributed by atoms with E-state index < -0.39 is 0 Å². The molecule has 9 nitrogen and oxygen atoms in total. The first kappa shape index (κ1) is 32.6. The molecule has 0 spiro atoms. The highest BCUT2D eigenvalue weighted by molar-refractivity contribution is 5.84. The first-order valence-corrected chi connectivity index (χ1v) is 15.2. The van der Waals surface area contributed by atoms with Crippen molar-refractivity contribution in [2.75, 3.05) is 19.6 Å². The van der Waals surface area contributed by atoms with Crippen molar-refractivity contribution >= 4 is 50.4 Å². The molecule has 6 N–H and O–H groups in total. The molecule has 45 heavy (non-hydrogen) atoms. The second-order valence-corrected chi connectivity index (χ2v) is 10.8. The van der Waals surface area contributed by atoms with Crippen molar-refractivity contribution in [3.8, 4) is 0 Å². The van der Waals surface area contributed by atoms with E-state index in [-0.39, 0.29) is 17.7 Å². The van der Waals surface area contributed by atoms with Crippen molar-refractivity contribution in [2.24, 2.45) is 0 Å². The van der Waals surface area contributed by atoms with Crippen molar-refractivity contribution in [2.45, 2.75) is 40.0 Å². The molecule has 6 aromatic rings. The molecule has 0 fully saturated rings. The van der Waals surface area contributed by atoms with Crippen LogP contribution in [0.15, 0.2) is 91.4 Å². The summed E-state index contributed by atoms with van der Waals surface area (Å²) in [5.74, 6) is 0.0690. The fourth-order valence-electron chi connectivity index (χ4n) is 5.13. The number of H-pyrrole nitrogens is 3. The van der Waals surface area contributed by atoms with Crippen molar-refractivity contribution in [1.29, 1.82) is 0 Å². The topological polar surface area (TPSA) is 135 Å². The molecule has 0 aliphatic carbocycles. The summed E-state index contributed by atoms with van der Waals surface area (Å²) >= 11 is 0. The monoisotopic (exact) mass is 606 g/mol. The summed E-state index contributed by atoms with van der Waals surface area (Å²) < 4.78 is 0. The first-order valence-electron chi connectivity index (χ1n) is 15.2. The van der Waals surface area contributed by atoms with Gasteiger partial charge in [0, 0.05) is 91.7 Å². The minimum absolute atomic E-state index is 0.0230. The maximum atomic E-state index is 10.7. The summed E-state index contributed by atoms with van der Waals surface area (Å²) in [6.45, 7) is 6.69. The molecule has 0 saturated carbocycles. The summed E-state index contributed by atoms with van der Waals surface area (Å²) in [5, 5.41) is 12.1. The van der Waals surface area contributed by atoms with Gasteiger partial charge in [-0.15, -0.1) is 0 Å². The third-order valence-electron chi connectivity index (χ3n) is 7.33. The Labute approximate surface area is 263 Å². The molecule has 234 valence electrons. The molecular weight excluding hydrogens is 564 g/mol. The minimum Gasteiger partial charge on any atom is -0.361 e. The summed E-state index contributed by atoms with van der Waals surface area (Å²) in [6, 6.07) is 24.5. The van der Waals surface area contributed by atoms with Gasteiger partial charge < -0.3 is 30.9 Å². The number of hydrogen-bond donors (Lipinski definition) is 6. The number of para-hydroxylation sites is 3. The van der Waals surface area contributed by atoms with Crippen LogP contribution in [0.3, 0.4) is 0 Å². The van der Waals surface area contributed by atoms with E-state index in [0.29, 0.717) is 19.6 Å². The highest BCUT2D eigenvalue weighted by atomic mass is 16.2. The fourth-order valence-corrected chi connectivity index (χ4v) is 5.13. The smallest absolute Gasteiger partial charge is 0.216 e. The number of nitrogens with one attached hydrogen (secondary N) is 6. The van der Waals surface area contributed by atoms with Gasteiger partial charge in [-0.1, -0.05) is 54.6 Å². The highest BCUT2D eigenvalue weighted by Crippen LogP contribution is 2.19. The zero-order valence-corrected chi connectivity index (χ0v) is 26.1. The van der Waals surface area contributed by atoms with Crippen LogP contribution in [0.5, 0.6) is 0 Å². The van der Waals surface area contributed by atoms with Gasteiger partial charge in [-0.05, 0) is 54.2 Å². The van der Waals surface area contributed by atoms with Crippen LogP contribution >= 0.6 is 0 Å². The third-order valence-corrected chi connectivity index (χ3v) is 7.33. The van der Waals surface area contributed by atoms with Crippen LogP contribution in [0.2, 0.25) is 0 Å². The lowest BCUT2D eigenvalue weighted by Gasteiger charge is -2.00. The maximum absolute atomic E-state index is 10.7. The second kappa shape index (κ2) is 16.5. The number of carbonyl (C=O) groups excluding carboxylic acids is 3. The molecular formula is C36H42N6O3. The number of aromatic amines is 3. The number of amides is 3. The summed E-state index contributed by atoms with van der Waals surface area (Å²) in [5.41, 5.74) is 7.19. The molecule has 0 aliphatic heterocycles. The number of aromatic nitrogens is 3. The molecule has 3 amide bonds. The number of benzene rings is 3. The van der Waals surface area contributed by atoms with E-state index in [4.69, 9.17) is 0 Å². The number of hydrogen-bond acceptors (Lipinski definition) is 3. The van der Waals surface area contributed by atoms with E-state index in [0.717, 1.165) is 35.8 Å². The Bertz CT molecular complexity index is 1630. The molecule has 6 rings (SSSR count). The zero-order chi connectivity index (χ0) is 32.0. The van der Waals surface area contributed by atoms with Gasteiger partial charge in [0.1, 0.15) is 0 Å². The molecule has 9 heteroatoms. The van der Waals surface area contributed by atoms with Gasteiger partial charge in [0.25, 0.3) is 0 Å². The molecule has 0 aliphatic rings. The van der Waals surface area contributed by atoms with Crippen molar-refractivity contribution in [3.05, 3.63) is 108 Å². The van der Waals surface area contributed by atoms with E-state index in [1.807, 2.05) is 55.0 Å². The fraction of sp³-hybridized carbons (Fsp3) is 0.250. The van der Waals surface area contributed by atoms with E-state index >= 15 is 0 Å². The van der Waals surface area contributed by atoms with Crippen LogP contribution in [-0.2, 0) is 33.6 Å². The van der Waals surface area contributed by atoms with Gasteiger partial charge in [-0.2, -0.15) is 0 Å². The second-order valence-electron chi connectivity index (χ2n) is 10.8. The Morgan fingerprint density at radius 2 is 0.733 bits per heavy atom. The predicted molar refractivity (Wildman–Crippen MR) is 182 cm³/mol. The van der Waals surface area contributed by atoms with Gasteiger partial charge in [0.15, 0.2) is 0 Å².